The molecule has 5 heteroatoms. The predicted molar refractivity (Wildman–Crippen MR) is 84.0 cm³/mol. The summed E-state index contributed by atoms with van der Waals surface area (Å²) in [5, 5.41) is 1.12. The first-order valence-corrected chi connectivity index (χ1v) is 7.42. The van der Waals surface area contributed by atoms with Gasteiger partial charge in [-0.15, -0.1) is 0 Å². The molecule has 1 aliphatic heterocycles. The lowest BCUT2D eigenvalue weighted by Crippen LogP contribution is -2.30. The number of rotatable bonds is 2. The van der Waals surface area contributed by atoms with E-state index in [2.05, 4.69) is 25.9 Å². The molecule has 0 amide bonds. The number of methoxy groups -OCH3 is 1. The van der Waals surface area contributed by atoms with Crippen molar-refractivity contribution < 1.29 is 4.74 Å². The summed E-state index contributed by atoms with van der Waals surface area (Å²) < 4.78 is 5.30. The van der Waals surface area contributed by atoms with Crippen LogP contribution in [0.15, 0.2) is 24.5 Å². The number of piperidine rings is 1. The van der Waals surface area contributed by atoms with Gasteiger partial charge in [-0.1, -0.05) is 0 Å². The SMILES string of the molecule is COc1ccc2c(c1)[nH]c1c(N3CCCCC3)ncnc12. The zero-order chi connectivity index (χ0) is 14.2. The van der Waals surface area contributed by atoms with Crippen molar-refractivity contribution in [2.24, 2.45) is 0 Å². The number of benzene rings is 1. The maximum absolute atomic E-state index is 5.30. The van der Waals surface area contributed by atoms with Gasteiger partial charge in [-0.3, -0.25) is 0 Å². The second kappa shape index (κ2) is 4.91. The average Bonchev–Trinajstić information content (AvgIpc) is 2.93. The number of aromatic nitrogens is 3. The molecule has 2 aromatic heterocycles. The van der Waals surface area contributed by atoms with Gasteiger partial charge in [-0.2, -0.15) is 0 Å². The van der Waals surface area contributed by atoms with E-state index in [1.54, 1.807) is 13.4 Å². The number of hydrogen-bond acceptors (Lipinski definition) is 4. The summed E-state index contributed by atoms with van der Waals surface area (Å²) in [6.45, 7) is 2.15. The molecule has 1 aliphatic rings. The third kappa shape index (κ3) is 2.00. The van der Waals surface area contributed by atoms with E-state index in [0.717, 1.165) is 46.6 Å². The van der Waals surface area contributed by atoms with Gasteiger partial charge in [0.15, 0.2) is 5.82 Å². The quantitative estimate of drug-likeness (QED) is 0.784. The molecule has 0 bridgehead atoms. The van der Waals surface area contributed by atoms with Crippen LogP contribution >= 0.6 is 0 Å². The molecule has 0 saturated carbocycles. The molecule has 3 heterocycles. The van der Waals surface area contributed by atoms with E-state index < -0.39 is 0 Å². The van der Waals surface area contributed by atoms with Crippen molar-refractivity contribution in [3.05, 3.63) is 24.5 Å². The highest BCUT2D eigenvalue weighted by atomic mass is 16.5. The van der Waals surface area contributed by atoms with Crippen LogP contribution in [0.5, 0.6) is 5.75 Å². The van der Waals surface area contributed by atoms with Gasteiger partial charge < -0.3 is 14.6 Å². The van der Waals surface area contributed by atoms with E-state index in [1.165, 1.54) is 19.3 Å². The molecular weight excluding hydrogens is 264 g/mol. The normalized spacial score (nSPS) is 15.8. The third-order valence-corrected chi connectivity index (χ3v) is 4.22. The Morgan fingerprint density at radius 1 is 1.14 bits per heavy atom. The Morgan fingerprint density at radius 3 is 2.81 bits per heavy atom. The zero-order valence-corrected chi connectivity index (χ0v) is 12.1. The van der Waals surface area contributed by atoms with Crippen molar-refractivity contribution in [1.29, 1.82) is 0 Å². The van der Waals surface area contributed by atoms with Crippen LogP contribution in [0.2, 0.25) is 0 Å². The van der Waals surface area contributed by atoms with Gasteiger partial charge in [0.1, 0.15) is 23.1 Å². The van der Waals surface area contributed by atoms with Crippen LogP contribution in [0.1, 0.15) is 19.3 Å². The molecule has 1 fully saturated rings. The topological polar surface area (TPSA) is 54.0 Å². The van der Waals surface area contributed by atoms with E-state index in [9.17, 15) is 0 Å². The van der Waals surface area contributed by atoms with Crippen molar-refractivity contribution in [1.82, 2.24) is 15.0 Å². The largest absolute Gasteiger partial charge is 0.497 e. The Hall–Kier alpha value is -2.30. The Labute approximate surface area is 123 Å². The van der Waals surface area contributed by atoms with Crippen molar-refractivity contribution in [2.45, 2.75) is 19.3 Å². The van der Waals surface area contributed by atoms with Crippen LogP contribution in [0.25, 0.3) is 21.9 Å². The van der Waals surface area contributed by atoms with Crippen LogP contribution < -0.4 is 9.64 Å². The predicted octanol–water partition coefficient (Wildman–Crippen LogP) is 3.11. The number of aromatic amines is 1. The monoisotopic (exact) mass is 282 g/mol. The summed E-state index contributed by atoms with van der Waals surface area (Å²) in [5.41, 5.74) is 3.06. The van der Waals surface area contributed by atoms with Crippen molar-refractivity contribution >= 4 is 27.8 Å². The summed E-state index contributed by atoms with van der Waals surface area (Å²) in [4.78, 5) is 14.8. The van der Waals surface area contributed by atoms with Crippen molar-refractivity contribution in [3.8, 4) is 5.75 Å². The fraction of sp³-hybridized carbons (Fsp3) is 0.375. The molecule has 1 saturated heterocycles. The van der Waals surface area contributed by atoms with Crippen LogP contribution in [0.4, 0.5) is 5.82 Å². The summed E-state index contributed by atoms with van der Waals surface area (Å²) in [6.07, 6.45) is 5.46. The molecule has 0 atom stereocenters. The van der Waals surface area contributed by atoms with Gasteiger partial charge in [-0.25, -0.2) is 9.97 Å². The lowest BCUT2D eigenvalue weighted by atomic mass is 10.1. The number of nitrogens with one attached hydrogen (secondary N) is 1. The highest BCUT2D eigenvalue weighted by molar-refractivity contribution is 6.08. The number of H-pyrrole nitrogens is 1. The molecule has 0 spiro atoms. The zero-order valence-electron chi connectivity index (χ0n) is 12.1. The lowest BCUT2D eigenvalue weighted by molar-refractivity contribution is 0.415. The van der Waals surface area contributed by atoms with Gasteiger partial charge in [0.05, 0.1) is 12.6 Å². The summed E-state index contributed by atoms with van der Waals surface area (Å²) in [6, 6.07) is 6.04. The molecule has 4 rings (SSSR count). The minimum Gasteiger partial charge on any atom is -0.497 e. The smallest absolute Gasteiger partial charge is 0.156 e. The van der Waals surface area contributed by atoms with E-state index in [0.29, 0.717) is 0 Å². The summed E-state index contributed by atoms with van der Waals surface area (Å²) in [7, 11) is 1.68. The second-order valence-electron chi connectivity index (χ2n) is 5.51. The fourth-order valence-electron chi connectivity index (χ4n) is 3.14. The van der Waals surface area contributed by atoms with Crippen LogP contribution in [0, 0.1) is 0 Å². The van der Waals surface area contributed by atoms with Crippen LogP contribution in [-0.2, 0) is 0 Å². The molecular formula is C16H18N4O. The highest BCUT2D eigenvalue weighted by Gasteiger charge is 2.18. The Kier molecular flexibility index (Phi) is 2.91. The molecule has 0 radical (unpaired) electrons. The van der Waals surface area contributed by atoms with Gasteiger partial charge in [0, 0.05) is 24.5 Å². The van der Waals surface area contributed by atoms with Gasteiger partial charge >= 0.3 is 0 Å². The Bertz CT molecular complexity index is 789. The first-order valence-electron chi connectivity index (χ1n) is 7.42. The molecule has 0 aliphatic carbocycles. The highest BCUT2D eigenvalue weighted by Crippen LogP contribution is 2.31. The van der Waals surface area contributed by atoms with Gasteiger partial charge in [-0.05, 0) is 31.4 Å². The van der Waals surface area contributed by atoms with Gasteiger partial charge in [0.2, 0.25) is 0 Å². The number of nitrogens with zero attached hydrogens (tertiary/aromatic N) is 3. The summed E-state index contributed by atoms with van der Waals surface area (Å²) in [5.74, 6) is 1.87. The van der Waals surface area contributed by atoms with E-state index in [4.69, 9.17) is 4.74 Å². The molecule has 5 nitrogen and oxygen atoms in total. The standard InChI is InChI=1S/C16H18N4O/c1-21-11-5-6-12-13(9-11)19-15-14(12)17-10-18-16(15)20-7-3-2-4-8-20/h5-6,9-10,19H,2-4,7-8H2,1H3. The molecule has 1 aromatic carbocycles. The molecule has 3 aromatic rings. The third-order valence-electron chi connectivity index (χ3n) is 4.22. The average molecular weight is 282 g/mol. The van der Waals surface area contributed by atoms with Gasteiger partial charge in [0.25, 0.3) is 0 Å². The fourth-order valence-corrected chi connectivity index (χ4v) is 3.14. The summed E-state index contributed by atoms with van der Waals surface area (Å²) >= 11 is 0. The van der Waals surface area contributed by atoms with E-state index >= 15 is 0 Å². The first kappa shape index (κ1) is 12.4. The number of fused-ring (bicyclic) bond motifs is 3. The molecule has 108 valence electrons. The number of hydrogen-bond donors (Lipinski definition) is 1. The Balaban J connectivity index is 1.91. The number of ether oxygens (including phenoxy) is 1. The van der Waals surface area contributed by atoms with Crippen molar-refractivity contribution in [3.63, 3.8) is 0 Å². The van der Waals surface area contributed by atoms with E-state index in [-0.39, 0.29) is 0 Å². The Morgan fingerprint density at radius 2 is 2.00 bits per heavy atom. The lowest BCUT2D eigenvalue weighted by Gasteiger charge is -2.27. The molecule has 0 unspecified atom stereocenters. The maximum Gasteiger partial charge on any atom is 0.156 e. The number of anilines is 1. The van der Waals surface area contributed by atoms with E-state index in [1.807, 2.05) is 12.1 Å². The maximum atomic E-state index is 5.30. The minimum absolute atomic E-state index is 0.849. The first-order chi connectivity index (χ1) is 10.4. The second-order valence-corrected chi connectivity index (χ2v) is 5.51. The minimum atomic E-state index is 0.849. The molecule has 1 N–H and O–H groups in total. The van der Waals surface area contributed by atoms with Crippen LogP contribution in [0.3, 0.4) is 0 Å². The van der Waals surface area contributed by atoms with Crippen LogP contribution in [-0.4, -0.2) is 35.2 Å². The molecule has 21 heavy (non-hydrogen) atoms. The van der Waals surface area contributed by atoms with Crippen molar-refractivity contribution in [2.75, 3.05) is 25.1 Å².